The summed E-state index contributed by atoms with van der Waals surface area (Å²) in [5.41, 5.74) is 0.260. The highest BCUT2D eigenvalue weighted by Gasteiger charge is 2.15. The molecule has 0 aromatic carbocycles. The molecule has 0 aliphatic heterocycles. The molecule has 5 nitrogen and oxygen atoms in total. The van der Waals surface area contributed by atoms with Crippen molar-refractivity contribution < 1.29 is 4.79 Å². The van der Waals surface area contributed by atoms with Gasteiger partial charge in [0.1, 0.15) is 17.0 Å². The van der Waals surface area contributed by atoms with Crippen LogP contribution in [-0.2, 0) is 0 Å². The molecule has 0 atom stereocenters. The standard InChI is InChI=1S/C11H11N3O2/c1-7(15)9-10(12-2)13-8-5-3-4-6-14(8)11(9)16/h3-6,12H,1-2H3. The number of nitrogens with one attached hydrogen (secondary N) is 1. The van der Waals surface area contributed by atoms with E-state index in [4.69, 9.17) is 0 Å². The average Bonchev–Trinajstić information content (AvgIpc) is 2.28. The van der Waals surface area contributed by atoms with Crippen LogP contribution >= 0.6 is 0 Å². The fourth-order valence-corrected chi connectivity index (χ4v) is 1.59. The molecule has 2 rings (SSSR count). The van der Waals surface area contributed by atoms with Gasteiger partial charge in [0, 0.05) is 13.2 Å². The van der Waals surface area contributed by atoms with Gasteiger partial charge in [0.25, 0.3) is 5.56 Å². The number of hydrogen-bond donors (Lipinski definition) is 1. The first kappa shape index (κ1) is 10.4. The largest absolute Gasteiger partial charge is 0.372 e. The second-order valence-corrected chi connectivity index (χ2v) is 3.38. The normalized spacial score (nSPS) is 10.4. The zero-order valence-corrected chi connectivity index (χ0v) is 9.02. The molecule has 0 saturated carbocycles. The minimum absolute atomic E-state index is 0.0891. The van der Waals surface area contributed by atoms with Gasteiger partial charge in [-0.05, 0) is 19.1 Å². The molecule has 1 N–H and O–H groups in total. The summed E-state index contributed by atoms with van der Waals surface area (Å²) in [7, 11) is 1.63. The van der Waals surface area contributed by atoms with Crippen molar-refractivity contribution in [1.82, 2.24) is 9.38 Å². The molecule has 2 heterocycles. The minimum atomic E-state index is -0.345. The van der Waals surface area contributed by atoms with Gasteiger partial charge in [-0.2, -0.15) is 0 Å². The van der Waals surface area contributed by atoms with Crippen molar-refractivity contribution in [3.8, 4) is 0 Å². The van der Waals surface area contributed by atoms with Crippen molar-refractivity contribution in [3.63, 3.8) is 0 Å². The smallest absolute Gasteiger partial charge is 0.270 e. The van der Waals surface area contributed by atoms with Crippen LogP contribution in [0, 0.1) is 0 Å². The van der Waals surface area contributed by atoms with Gasteiger partial charge in [0.15, 0.2) is 5.78 Å². The molecule has 0 aliphatic rings. The first-order valence-corrected chi connectivity index (χ1v) is 4.85. The third-order valence-electron chi connectivity index (χ3n) is 2.32. The van der Waals surface area contributed by atoms with Gasteiger partial charge in [-0.15, -0.1) is 0 Å². The Labute approximate surface area is 91.7 Å². The van der Waals surface area contributed by atoms with Crippen LogP contribution in [0.2, 0.25) is 0 Å². The molecular weight excluding hydrogens is 206 g/mol. The number of fused-ring (bicyclic) bond motifs is 1. The number of rotatable bonds is 2. The monoisotopic (exact) mass is 217 g/mol. The molecule has 5 heteroatoms. The molecule has 0 aliphatic carbocycles. The zero-order valence-electron chi connectivity index (χ0n) is 9.02. The van der Waals surface area contributed by atoms with Crippen molar-refractivity contribution in [2.45, 2.75) is 6.92 Å². The molecule has 0 spiro atoms. The van der Waals surface area contributed by atoms with E-state index in [1.807, 2.05) is 0 Å². The zero-order chi connectivity index (χ0) is 11.7. The Morgan fingerprint density at radius 1 is 1.44 bits per heavy atom. The van der Waals surface area contributed by atoms with E-state index in [0.29, 0.717) is 11.5 Å². The van der Waals surface area contributed by atoms with Crippen LogP contribution in [0.15, 0.2) is 29.2 Å². The Hall–Kier alpha value is -2.17. The van der Waals surface area contributed by atoms with Gasteiger partial charge in [0.05, 0.1) is 0 Å². The molecule has 16 heavy (non-hydrogen) atoms. The van der Waals surface area contributed by atoms with Gasteiger partial charge >= 0.3 is 0 Å². The first-order chi connectivity index (χ1) is 7.65. The summed E-state index contributed by atoms with van der Waals surface area (Å²) < 4.78 is 1.36. The van der Waals surface area contributed by atoms with E-state index in [1.54, 1.807) is 31.4 Å². The van der Waals surface area contributed by atoms with E-state index in [0.717, 1.165) is 0 Å². The average molecular weight is 217 g/mol. The lowest BCUT2D eigenvalue weighted by Crippen LogP contribution is -2.24. The van der Waals surface area contributed by atoms with Crippen molar-refractivity contribution in [1.29, 1.82) is 0 Å². The van der Waals surface area contributed by atoms with Crippen LogP contribution in [0.3, 0.4) is 0 Å². The van der Waals surface area contributed by atoms with Crippen LogP contribution in [0.1, 0.15) is 17.3 Å². The Morgan fingerprint density at radius 2 is 2.19 bits per heavy atom. The topological polar surface area (TPSA) is 63.5 Å². The summed E-state index contributed by atoms with van der Waals surface area (Å²) >= 11 is 0. The maximum Gasteiger partial charge on any atom is 0.270 e. The quantitative estimate of drug-likeness (QED) is 0.760. The number of hydrogen-bond acceptors (Lipinski definition) is 4. The summed E-state index contributed by atoms with van der Waals surface area (Å²) in [6.07, 6.45) is 1.59. The van der Waals surface area contributed by atoms with Gasteiger partial charge in [-0.3, -0.25) is 14.0 Å². The summed E-state index contributed by atoms with van der Waals surface area (Å²) in [6, 6.07) is 5.22. The Morgan fingerprint density at radius 3 is 2.81 bits per heavy atom. The lowest BCUT2D eigenvalue weighted by atomic mass is 10.2. The molecule has 2 aromatic rings. The molecule has 82 valence electrons. The molecular formula is C11H11N3O2. The Kier molecular flexibility index (Phi) is 2.44. The minimum Gasteiger partial charge on any atom is -0.372 e. The van der Waals surface area contributed by atoms with Gasteiger partial charge in [-0.25, -0.2) is 4.98 Å². The lowest BCUT2D eigenvalue weighted by molar-refractivity contribution is 0.101. The summed E-state index contributed by atoms with van der Waals surface area (Å²) in [5.74, 6) is 0.0313. The predicted octanol–water partition coefficient (Wildman–Crippen LogP) is 0.939. The van der Waals surface area contributed by atoms with Crippen LogP contribution < -0.4 is 10.9 Å². The van der Waals surface area contributed by atoms with Crippen molar-refractivity contribution in [2.75, 3.05) is 12.4 Å². The molecule has 0 bridgehead atoms. The summed E-state index contributed by atoms with van der Waals surface area (Å²) in [5, 5.41) is 2.76. The van der Waals surface area contributed by atoms with Crippen LogP contribution in [0.4, 0.5) is 5.82 Å². The Balaban J connectivity index is 2.94. The number of nitrogens with zero attached hydrogens (tertiary/aromatic N) is 2. The van der Waals surface area contributed by atoms with Gasteiger partial charge in [-0.1, -0.05) is 6.07 Å². The maximum absolute atomic E-state index is 12.0. The second-order valence-electron chi connectivity index (χ2n) is 3.38. The molecule has 0 amide bonds. The SMILES string of the molecule is CNc1nc2ccccn2c(=O)c1C(C)=O. The van der Waals surface area contributed by atoms with Gasteiger partial charge in [0.2, 0.25) is 0 Å². The number of aromatic nitrogens is 2. The van der Waals surface area contributed by atoms with Crippen molar-refractivity contribution >= 4 is 17.2 Å². The van der Waals surface area contributed by atoms with Crippen LogP contribution in [0.5, 0.6) is 0 Å². The number of carbonyl (C=O) groups is 1. The number of anilines is 1. The van der Waals surface area contributed by atoms with E-state index >= 15 is 0 Å². The third kappa shape index (κ3) is 1.46. The fourth-order valence-electron chi connectivity index (χ4n) is 1.59. The molecule has 2 aromatic heterocycles. The maximum atomic E-state index is 12.0. The first-order valence-electron chi connectivity index (χ1n) is 4.85. The Bertz CT molecular complexity index is 616. The third-order valence-corrected chi connectivity index (χ3v) is 2.32. The van der Waals surface area contributed by atoms with Gasteiger partial charge < -0.3 is 5.32 Å². The lowest BCUT2D eigenvalue weighted by Gasteiger charge is -2.07. The van der Waals surface area contributed by atoms with Crippen molar-refractivity contribution in [3.05, 3.63) is 40.3 Å². The van der Waals surface area contributed by atoms with Crippen LogP contribution in [0.25, 0.3) is 5.65 Å². The van der Waals surface area contributed by atoms with E-state index in [-0.39, 0.29) is 16.9 Å². The number of Topliss-reactive ketones (excluding diaryl/α,β-unsaturated/α-hetero) is 1. The molecule has 0 saturated heterocycles. The highest BCUT2D eigenvalue weighted by molar-refractivity contribution is 5.98. The van der Waals surface area contributed by atoms with Crippen molar-refractivity contribution in [2.24, 2.45) is 0 Å². The number of carbonyl (C=O) groups excluding carboxylic acids is 1. The number of pyridine rings is 1. The van der Waals surface area contributed by atoms with Crippen LogP contribution in [-0.4, -0.2) is 22.2 Å². The molecule has 0 unspecified atom stereocenters. The molecule has 0 fully saturated rings. The summed E-state index contributed by atoms with van der Waals surface area (Å²) in [4.78, 5) is 27.6. The van der Waals surface area contributed by atoms with E-state index in [2.05, 4.69) is 10.3 Å². The predicted molar refractivity (Wildman–Crippen MR) is 61.0 cm³/mol. The summed E-state index contributed by atoms with van der Waals surface area (Å²) in [6.45, 7) is 1.36. The highest BCUT2D eigenvalue weighted by Crippen LogP contribution is 2.09. The van der Waals surface area contributed by atoms with E-state index < -0.39 is 0 Å². The van der Waals surface area contributed by atoms with E-state index in [9.17, 15) is 9.59 Å². The fraction of sp³-hybridized carbons (Fsp3) is 0.182. The molecule has 0 radical (unpaired) electrons. The highest BCUT2D eigenvalue weighted by atomic mass is 16.1. The van der Waals surface area contributed by atoms with E-state index in [1.165, 1.54) is 11.3 Å². The number of ketones is 1. The second kappa shape index (κ2) is 3.77.